The van der Waals surface area contributed by atoms with Gasteiger partial charge in [0.1, 0.15) is 11.4 Å². The fraction of sp³-hybridized carbons (Fsp3) is 0.0833. The van der Waals surface area contributed by atoms with Crippen LogP contribution >= 0.6 is 23.5 Å². The summed E-state index contributed by atoms with van der Waals surface area (Å²) in [5.74, 6) is -0.477. The van der Waals surface area contributed by atoms with E-state index >= 15 is 0 Å². The van der Waals surface area contributed by atoms with Gasteiger partial charge in [0.2, 0.25) is 0 Å². The first kappa shape index (κ1) is 26.0. The summed E-state index contributed by atoms with van der Waals surface area (Å²) in [6.45, 7) is 0. The predicted molar refractivity (Wildman–Crippen MR) is 136 cm³/mol. The van der Waals surface area contributed by atoms with Crippen molar-refractivity contribution in [2.75, 3.05) is 6.26 Å². The van der Waals surface area contributed by atoms with Crippen LogP contribution in [0, 0.1) is 5.41 Å². The Kier molecular flexibility index (Phi) is 8.31. The van der Waals surface area contributed by atoms with Gasteiger partial charge in [-0.25, -0.2) is 9.39 Å². The number of carbonyl (C=O) groups excluding carboxylic acids is 1. The van der Waals surface area contributed by atoms with Gasteiger partial charge in [-0.1, -0.05) is 41.9 Å². The number of rotatable bonds is 6. The highest BCUT2D eigenvalue weighted by atomic mass is 35.5. The maximum Gasteiger partial charge on any atom is 0.430 e. The van der Waals surface area contributed by atoms with Gasteiger partial charge in [0, 0.05) is 17.4 Å². The summed E-state index contributed by atoms with van der Waals surface area (Å²) in [6.07, 6.45) is 2.51. The molecule has 3 rings (SSSR count). The van der Waals surface area contributed by atoms with Gasteiger partial charge in [-0.15, -0.1) is 0 Å². The molecule has 0 saturated carbocycles. The zero-order valence-corrected chi connectivity index (χ0v) is 19.8. The Morgan fingerprint density at radius 2 is 1.80 bits per heavy atom. The molecule has 1 aliphatic rings. The quantitative estimate of drug-likeness (QED) is 0.257. The van der Waals surface area contributed by atoms with Crippen molar-refractivity contribution < 1.29 is 18.0 Å². The number of nitrogens with one attached hydrogen (secondary N) is 2. The van der Waals surface area contributed by atoms with Gasteiger partial charge in [0.25, 0.3) is 5.91 Å². The highest BCUT2D eigenvalue weighted by Gasteiger charge is 2.31. The Morgan fingerprint density at radius 1 is 1.14 bits per heavy atom. The first-order chi connectivity index (χ1) is 16.6. The van der Waals surface area contributed by atoms with Gasteiger partial charge in [0.15, 0.2) is 0 Å². The van der Waals surface area contributed by atoms with Crippen LogP contribution in [0.5, 0.6) is 0 Å². The molecule has 11 heteroatoms. The number of benzene rings is 2. The number of aliphatic imine (C=N–C) groups is 1. The van der Waals surface area contributed by atoms with Crippen molar-refractivity contribution in [2.45, 2.75) is 6.18 Å². The van der Waals surface area contributed by atoms with E-state index in [-0.39, 0.29) is 27.7 Å². The molecule has 0 bridgehead atoms. The lowest BCUT2D eigenvalue weighted by Crippen LogP contribution is -2.31. The lowest BCUT2D eigenvalue weighted by atomic mass is 10.0. The topological polar surface area (TPSA) is 104 Å². The molecule has 2 aromatic carbocycles. The summed E-state index contributed by atoms with van der Waals surface area (Å²) < 4.78 is 43.4. The zero-order valence-electron chi connectivity index (χ0n) is 18.2. The van der Waals surface area contributed by atoms with Crippen LogP contribution in [-0.4, -0.2) is 35.5 Å². The zero-order chi connectivity index (χ0) is 25.6. The van der Waals surface area contributed by atoms with E-state index < -0.39 is 17.8 Å². The fourth-order valence-electron chi connectivity index (χ4n) is 2.90. The van der Waals surface area contributed by atoms with E-state index in [1.165, 1.54) is 24.3 Å². The van der Waals surface area contributed by atoms with Gasteiger partial charge >= 0.3 is 6.18 Å². The molecule has 35 heavy (non-hydrogen) atoms. The average molecular weight is 518 g/mol. The van der Waals surface area contributed by atoms with Crippen LogP contribution in [0.1, 0.15) is 15.9 Å². The number of alkyl halides is 3. The number of hydrogen-bond donors (Lipinski definition) is 3. The summed E-state index contributed by atoms with van der Waals surface area (Å²) in [5.41, 5.74) is 5.46. The Labute approximate surface area is 208 Å². The summed E-state index contributed by atoms with van der Waals surface area (Å²) in [5, 5.41) is 10.9. The standard InChI is InChI=1S/C24H19ClF3N5OS/c1-35-33-22-17(29)6-4-8-19(22)32-23(34)15-11-9-14(10-12-15)20(13-21(30)24(26,27)28)31-18-7-3-2-5-16(18)25/h2-13,29H,30H2,1H3,(H,32,34). The summed E-state index contributed by atoms with van der Waals surface area (Å²) >= 11 is 7.27. The number of nitrogens with two attached hydrogens (primary N) is 1. The van der Waals surface area contributed by atoms with Crippen molar-refractivity contribution in [1.29, 1.82) is 5.41 Å². The Hall–Kier alpha value is -3.63. The minimum atomic E-state index is -4.74. The van der Waals surface area contributed by atoms with Crippen molar-refractivity contribution in [3.63, 3.8) is 0 Å². The largest absolute Gasteiger partial charge is 0.430 e. The van der Waals surface area contributed by atoms with E-state index in [1.54, 1.807) is 48.7 Å². The Morgan fingerprint density at radius 3 is 2.43 bits per heavy atom. The minimum Gasteiger partial charge on any atom is -0.395 e. The van der Waals surface area contributed by atoms with E-state index in [1.807, 2.05) is 0 Å². The molecule has 0 atom stereocenters. The third-order valence-corrected chi connectivity index (χ3v) is 5.31. The molecule has 0 aromatic heterocycles. The van der Waals surface area contributed by atoms with Crippen LogP contribution in [0.3, 0.4) is 0 Å². The van der Waals surface area contributed by atoms with Crippen LogP contribution in [0.4, 0.5) is 18.9 Å². The molecule has 180 valence electrons. The SMILES string of the molecule is CSN=C1C(=N)C=CC=C1NC(=O)c1ccc(C(C=C(N)C(F)(F)F)=Nc2ccccc2Cl)cc1. The molecule has 0 spiro atoms. The summed E-state index contributed by atoms with van der Waals surface area (Å²) in [6, 6.07) is 12.2. The van der Waals surface area contributed by atoms with E-state index in [0.29, 0.717) is 23.0 Å². The number of amides is 1. The molecule has 1 amide bonds. The van der Waals surface area contributed by atoms with Crippen LogP contribution in [-0.2, 0) is 0 Å². The van der Waals surface area contributed by atoms with Crippen LogP contribution in [0.25, 0.3) is 0 Å². The van der Waals surface area contributed by atoms with Crippen molar-refractivity contribution in [3.8, 4) is 0 Å². The number of carbonyl (C=O) groups is 1. The molecular weight excluding hydrogens is 499 g/mol. The normalized spacial score (nSPS) is 15.9. The predicted octanol–water partition coefficient (Wildman–Crippen LogP) is 5.79. The number of halogens is 4. The van der Waals surface area contributed by atoms with Crippen molar-refractivity contribution in [1.82, 2.24) is 5.32 Å². The number of hydrogen-bond acceptors (Lipinski definition) is 6. The lowest BCUT2D eigenvalue weighted by molar-refractivity contribution is -0.0925. The molecule has 0 saturated heterocycles. The molecule has 0 unspecified atom stereocenters. The fourth-order valence-corrected chi connectivity index (χ4v) is 3.46. The van der Waals surface area contributed by atoms with E-state index in [2.05, 4.69) is 14.7 Å². The molecule has 0 radical (unpaired) electrons. The second-order valence-electron chi connectivity index (χ2n) is 7.05. The summed E-state index contributed by atoms with van der Waals surface area (Å²) in [7, 11) is 0. The molecule has 2 aromatic rings. The van der Waals surface area contributed by atoms with Gasteiger partial charge in [-0.05, 0) is 54.4 Å². The third kappa shape index (κ3) is 6.71. The Bertz CT molecular complexity index is 1290. The van der Waals surface area contributed by atoms with Gasteiger partial charge in [-0.3, -0.25) is 10.2 Å². The summed E-state index contributed by atoms with van der Waals surface area (Å²) in [4.78, 5) is 17.0. The van der Waals surface area contributed by atoms with E-state index in [4.69, 9.17) is 22.7 Å². The monoisotopic (exact) mass is 517 g/mol. The minimum absolute atomic E-state index is 0.0807. The lowest BCUT2D eigenvalue weighted by Gasteiger charge is -2.14. The van der Waals surface area contributed by atoms with Gasteiger partial charge < -0.3 is 11.1 Å². The van der Waals surface area contributed by atoms with E-state index in [9.17, 15) is 18.0 Å². The number of allylic oxidation sites excluding steroid dienone is 6. The second kappa shape index (κ2) is 11.2. The molecule has 4 N–H and O–H groups in total. The first-order valence-electron chi connectivity index (χ1n) is 9.98. The van der Waals surface area contributed by atoms with Crippen LogP contribution < -0.4 is 11.1 Å². The molecule has 0 heterocycles. The Balaban J connectivity index is 1.92. The first-order valence-corrected chi connectivity index (χ1v) is 11.5. The van der Waals surface area contributed by atoms with Gasteiger partial charge in [-0.2, -0.15) is 13.2 Å². The number of para-hydroxylation sites is 1. The highest BCUT2D eigenvalue weighted by Crippen LogP contribution is 2.27. The molecule has 1 aliphatic carbocycles. The van der Waals surface area contributed by atoms with Crippen LogP contribution in [0.15, 0.2) is 93.6 Å². The maximum atomic E-state index is 13.1. The van der Waals surface area contributed by atoms with Crippen molar-refractivity contribution in [2.24, 2.45) is 15.1 Å². The second-order valence-corrected chi connectivity index (χ2v) is 8.01. The molecule has 0 aliphatic heterocycles. The molecule has 0 fully saturated rings. The molecule has 6 nitrogen and oxygen atoms in total. The van der Waals surface area contributed by atoms with Crippen molar-refractivity contribution >= 4 is 52.3 Å². The third-order valence-electron chi connectivity index (χ3n) is 4.62. The van der Waals surface area contributed by atoms with E-state index in [0.717, 1.165) is 11.9 Å². The maximum absolute atomic E-state index is 13.1. The van der Waals surface area contributed by atoms with Crippen LogP contribution in [0.2, 0.25) is 5.02 Å². The number of nitrogens with zero attached hydrogens (tertiary/aromatic N) is 2. The molecular formula is C24H19ClF3N5OS. The smallest absolute Gasteiger partial charge is 0.395 e. The highest BCUT2D eigenvalue weighted by molar-refractivity contribution is 7.97. The van der Waals surface area contributed by atoms with Crippen molar-refractivity contribution in [3.05, 3.63) is 100 Å². The average Bonchev–Trinajstić information content (AvgIpc) is 2.81. The van der Waals surface area contributed by atoms with Gasteiger partial charge in [0.05, 0.1) is 27.8 Å².